The average Bonchev–Trinajstić information content (AvgIpc) is 3.18. The lowest BCUT2D eigenvalue weighted by molar-refractivity contribution is -0.162. The van der Waals surface area contributed by atoms with E-state index in [1.807, 2.05) is 74.5 Å². The molecule has 0 radical (unpaired) electrons. The summed E-state index contributed by atoms with van der Waals surface area (Å²) >= 11 is 0. The SMILES string of the molecule is CC1(C)CC2/C(=C\c3cc(CN=[N+]=[N-])ccn3)C(=O)N2[C@H]1C(=O)OC(c1ccccc1)c1ccccc1. The molecule has 2 aliphatic heterocycles. The van der Waals surface area contributed by atoms with Gasteiger partial charge in [0.2, 0.25) is 0 Å². The number of rotatable bonds is 7. The van der Waals surface area contributed by atoms with Gasteiger partial charge in [0, 0.05) is 16.7 Å². The molecule has 8 heteroatoms. The van der Waals surface area contributed by atoms with Crippen LogP contribution in [-0.4, -0.2) is 33.8 Å². The lowest BCUT2D eigenvalue weighted by atomic mass is 9.83. The number of hydrogen-bond acceptors (Lipinski definition) is 5. The Bertz CT molecular complexity index is 1360. The Labute approximate surface area is 215 Å². The van der Waals surface area contributed by atoms with Crippen LogP contribution in [0.5, 0.6) is 0 Å². The number of amides is 1. The second kappa shape index (κ2) is 9.91. The number of ether oxygens (including phenoxy) is 1. The highest BCUT2D eigenvalue weighted by atomic mass is 16.5. The number of esters is 1. The average molecular weight is 494 g/mol. The molecule has 0 aliphatic carbocycles. The van der Waals surface area contributed by atoms with Crippen LogP contribution in [0.25, 0.3) is 16.5 Å². The van der Waals surface area contributed by atoms with E-state index in [0.29, 0.717) is 17.7 Å². The van der Waals surface area contributed by atoms with Gasteiger partial charge in [0.05, 0.1) is 18.3 Å². The minimum absolute atomic E-state index is 0.184. The monoisotopic (exact) mass is 493 g/mol. The maximum absolute atomic E-state index is 13.7. The Morgan fingerprint density at radius 2 is 1.81 bits per heavy atom. The molecule has 1 aromatic heterocycles. The van der Waals surface area contributed by atoms with Crippen molar-refractivity contribution in [2.75, 3.05) is 0 Å². The van der Waals surface area contributed by atoms with Gasteiger partial charge in [0.25, 0.3) is 5.91 Å². The number of aromatic nitrogens is 1. The smallest absolute Gasteiger partial charge is 0.330 e. The number of azide groups is 1. The first-order valence-corrected chi connectivity index (χ1v) is 12.2. The van der Waals surface area contributed by atoms with Gasteiger partial charge in [-0.25, -0.2) is 4.79 Å². The fourth-order valence-electron chi connectivity index (χ4n) is 5.31. The minimum Gasteiger partial charge on any atom is -0.451 e. The predicted molar refractivity (Wildman–Crippen MR) is 139 cm³/mol. The zero-order valence-electron chi connectivity index (χ0n) is 20.7. The number of carbonyl (C=O) groups is 2. The molecule has 0 bridgehead atoms. The van der Waals surface area contributed by atoms with E-state index in [1.165, 1.54) is 0 Å². The summed E-state index contributed by atoms with van der Waals surface area (Å²) < 4.78 is 6.15. The third-order valence-corrected chi connectivity index (χ3v) is 7.04. The number of β-lactam (4-membered cyclic amide) rings is 1. The van der Waals surface area contributed by atoms with Crippen molar-refractivity contribution < 1.29 is 14.3 Å². The molecule has 2 aromatic carbocycles. The van der Waals surface area contributed by atoms with Crippen LogP contribution < -0.4 is 0 Å². The van der Waals surface area contributed by atoms with Crippen LogP contribution in [-0.2, 0) is 20.9 Å². The van der Waals surface area contributed by atoms with E-state index in [2.05, 4.69) is 15.0 Å². The number of carbonyl (C=O) groups excluding carboxylic acids is 2. The molecule has 3 heterocycles. The molecule has 1 unspecified atom stereocenters. The number of benzene rings is 2. The third-order valence-electron chi connectivity index (χ3n) is 7.04. The van der Waals surface area contributed by atoms with Gasteiger partial charge in [0.15, 0.2) is 6.10 Å². The van der Waals surface area contributed by atoms with E-state index in [-0.39, 0.29) is 18.5 Å². The fraction of sp³-hybridized carbons (Fsp3) is 0.276. The van der Waals surface area contributed by atoms with Gasteiger partial charge in [0.1, 0.15) is 6.04 Å². The molecule has 2 saturated heterocycles. The van der Waals surface area contributed by atoms with Crippen molar-refractivity contribution in [3.05, 3.63) is 117 Å². The molecular weight excluding hydrogens is 466 g/mol. The highest BCUT2D eigenvalue weighted by Gasteiger charge is 2.61. The zero-order valence-corrected chi connectivity index (χ0v) is 20.7. The van der Waals surface area contributed by atoms with Gasteiger partial charge >= 0.3 is 5.97 Å². The molecule has 0 spiro atoms. The van der Waals surface area contributed by atoms with Crippen molar-refractivity contribution >= 4 is 18.0 Å². The van der Waals surface area contributed by atoms with Gasteiger partial charge in [-0.1, -0.05) is 79.6 Å². The molecule has 2 fully saturated rings. The van der Waals surface area contributed by atoms with Crippen LogP contribution in [0, 0.1) is 5.41 Å². The second-order valence-corrected chi connectivity index (χ2v) is 10.0. The number of pyridine rings is 1. The van der Waals surface area contributed by atoms with Crippen molar-refractivity contribution in [3.8, 4) is 0 Å². The number of hydrogen-bond donors (Lipinski definition) is 0. The standard InChI is InChI=1S/C29H27N5O3/c1-29(2)17-24-23(16-22-15-19(13-14-31-22)18-32-33-30)27(35)34(24)26(29)28(36)37-25(20-9-5-3-6-10-20)21-11-7-4-8-12-21/h3-16,24-26H,17-18H2,1-2H3/b23-16+/t24?,26-/m0/s1. The first-order valence-electron chi connectivity index (χ1n) is 12.2. The highest BCUT2D eigenvalue weighted by Crippen LogP contribution is 2.50. The summed E-state index contributed by atoms with van der Waals surface area (Å²) in [5.41, 5.74) is 11.9. The predicted octanol–water partition coefficient (Wildman–Crippen LogP) is 5.62. The molecule has 37 heavy (non-hydrogen) atoms. The summed E-state index contributed by atoms with van der Waals surface area (Å²) in [6.45, 7) is 4.21. The first kappa shape index (κ1) is 24.3. The molecule has 0 saturated carbocycles. The van der Waals surface area contributed by atoms with E-state index >= 15 is 0 Å². The van der Waals surface area contributed by atoms with E-state index < -0.39 is 23.5 Å². The molecule has 186 valence electrons. The molecule has 5 rings (SSSR count). The topological polar surface area (TPSA) is 108 Å². The van der Waals surface area contributed by atoms with Gasteiger partial charge < -0.3 is 9.64 Å². The Balaban J connectivity index is 1.39. The van der Waals surface area contributed by atoms with E-state index in [4.69, 9.17) is 10.3 Å². The summed E-state index contributed by atoms with van der Waals surface area (Å²) in [5.74, 6) is -0.595. The van der Waals surface area contributed by atoms with Crippen LogP contribution in [0.1, 0.15) is 48.8 Å². The van der Waals surface area contributed by atoms with E-state index in [0.717, 1.165) is 16.7 Å². The molecule has 1 amide bonds. The van der Waals surface area contributed by atoms with Crippen LogP contribution in [0.2, 0.25) is 0 Å². The molecule has 0 N–H and O–H groups in total. The quantitative estimate of drug-likeness (QED) is 0.106. The van der Waals surface area contributed by atoms with Gasteiger partial charge in [-0.05, 0) is 52.3 Å². The van der Waals surface area contributed by atoms with Gasteiger partial charge in [-0.3, -0.25) is 9.78 Å². The lowest BCUT2D eigenvalue weighted by Crippen LogP contribution is -2.58. The lowest BCUT2D eigenvalue weighted by Gasteiger charge is -2.41. The van der Waals surface area contributed by atoms with E-state index in [1.54, 1.807) is 29.3 Å². The molecule has 3 aromatic rings. The largest absolute Gasteiger partial charge is 0.451 e. The number of fused-ring (bicyclic) bond motifs is 1. The van der Waals surface area contributed by atoms with Gasteiger partial charge in [-0.2, -0.15) is 0 Å². The Morgan fingerprint density at radius 3 is 2.43 bits per heavy atom. The summed E-state index contributed by atoms with van der Waals surface area (Å²) in [5, 5.41) is 3.59. The number of nitrogens with zero attached hydrogens (tertiary/aromatic N) is 5. The fourth-order valence-corrected chi connectivity index (χ4v) is 5.31. The molecule has 2 aliphatic rings. The maximum atomic E-state index is 13.7. The van der Waals surface area contributed by atoms with Crippen molar-refractivity contribution in [2.24, 2.45) is 10.5 Å². The van der Waals surface area contributed by atoms with Crippen LogP contribution in [0.4, 0.5) is 0 Å². The maximum Gasteiger partial charge on any atom is 0.330 e. The summed E-state index contributed by atoms with van der Waals surface area (Å²) in [6.07, 6.45) is 3.47. The van der Waals surface area contributed by atoms with Gasteiger partial charge in [-0.15, -0.1) is 0 Å². The van der Waals surface area contributed by atoms with E-state index in [9.17, 15) is 9.59 Å². The molecule has 8 nitrogen and oxygen atoms in total. The highest BCUT2D eigenvalue weighted by molar-refractivity contribution is 6.08. The van der Waals surface area contributed by atoms with Crippen molar-refractivity contribution in [2.45, 2.75) is 45.0 Å². The Kier molecular flexibility index (Phi) is 6.51. The third kappa shape index (κ3) is 4.71. The van der Waals surface area contributed by atoms with Crippen molar-refractivity contribution in [1.82, 2.24) is 9.88 Å². The van der Waals surface area contributed by atoms with Crippen LogP contribution >= 0.6 is 0 Å². The minimum atomic E-state index is -0.693. The normalized spacial score (nSPS) is 20.8. The van der Waals surface area contributed by atoms with Crippen molar-refractivity contribution in [3.63, 3.8) is 0 Å². The summed E-state index contributed by atoms with van der Waals surface area (Å²) in [4.78, 5) is 35.8. The second-order valence-electron chi connectivity index (χ2n) is 10.0. The first-order chi connectivity index (χ1) is 17.9. The van der Waals surface area contributed by atoms with Crippen LogP contribution in [0.15, 0.2) is 89.7 Å². The molecular formula is C29H27N5O3. The Morgan fingerprint density at radius 1 is 1.16 bits per heavy atom. The summed E-state index contributed by atoms with van der Waals surface area (Å²) in [6, 6.07) is 22.0. The molecule has 2 atom stereocenters. The van der Waals surface area contributed by atoms with Crippen LogP contribution in [0.3, 0.4) is 0 Å². The zero-order chi connectivity index (χ0) is 26.0. The van der Waals surface area contributed by atoms with Crippen molar-refractivity contribution in [1.29, 1.82) is 0 Å². The Hall–Kier alpha value is -4.42. The summed E-state index contributed by atoms with van der Waals surface area (Å²) in [7, 11) is 0.